The van der Waals surface area contributed by atoms with Crippen molar-refractivity contribution in [1.82, 2.24) is 5.32 Å². The van der Waals surface area contributed by atoms with Crippen molar-refractivity contribution < 1.29 is 14.0 Å². The number of carbonyl (C=O) groups excluding carboxylic acids is 2. The van der Waals surface area contributed by atoms with E-state index in [0.717, 1.165) is 43.6 Å². The van der Waals surface area contributed by atoms with Gasteiger partial charge in [0.05, 0.1) is 0 Å². The molecular weight excluding hydrogens is 382 g/mol. The van der Waals surface area contributed by atoms with Crippen molar-refractivity contribution in [3.63, 3.8) is 0 Å². The molecule has 0 spiro atoms. The third-order valence-corrected chi connectivity index (χ3v) is 5.93. The van der Waals surface area contributed by atoms with E-state index in [-0.39, 0.29) is 17.4 Å². The molecule has 1 aromatic heterocycles. The molecular formula is C23H27N3O4. The van der Waals surface area contributed by atoms with E-state index >= 15 is 0 Å². The zero-order valence-corrected chi connectivity index (χ0v) is 17.4. The lowest BCUT2D eigenvalue weighted by atomic mass is 9.95. The van der Waals surface area contributed by atoms with Crippen LogP contribution in [0.25, 0.3) is 0 Å². The standard InChI is InChI=1S/C23H27N3O4/c1-14-7-8-17(12-18(14)26-10-4-6-20(26)27)25-22(28)21-15(2)11-19(30-23(21)29)16-5-3-9-24-13-16/h7-8,11-12,16,24H,3-6,9-10,13H2,1-2H3,(H,25,28). The first-order chi connectivity index (χ1) is 14.4. The molecule has 30 heavy (non-hydrogen) atoms. The lowest BCUT2D eigenvalue weighted by molar-refractivity contribution is -0.117. The fourth-order valence-corrected chi connectivity index (χ4v) is 4.28. The van der Waals surface area contributed by atoms with Crippen molar-refractivity contribution in [3.05, 3.63) is 57.1 Å². The number of rotatable bonds is 4. The Balaban J connectivity index is 1.57. The number of benzene rings is 1. The highest BCUT2D eigenvalue weighted by molar-refractivity contribution is 6.05. The fraction of sp³-hybridized carbons (Fsp3) is 0.435. The van der Waals surface area contributed by atoms with Crippen LogP contribution in [-0.2, 0) is 4.79 Å². The summed E-state index contributed by atoms with van der Waals surface area (Å²) in [7, 11) is 0. The van der Waals surface area contributed by atoms with Gasteiger partial charge in [0.1, 0.15) is 11.3 Å². The Morgan fingerprint density at radius 1 is 1.17 bits per heavy atom. The summed E-state index contributed by atoms with van der Waals surface area (Å²) < 4.78 is 5.52. The van der Waals surface area contributed by atoms with Gasteiger partial charge in [-0.2, -0.15) is 0 Å². The maximum Gasteiger partial charge on any atom is 0.349 e. The SMILES string of the molecule is Cc1ccc(NC(=O)c2c(C)cc(C3CCCNC3)oc2=O)cc1N1CCCC1=O. The van der Waals surface area contributed by atoms with Crippen LogP contribution in [0.4, 0.5) is 11.4 Å². The van der Waals surface area contributed by atoms with Crippen molar-refractivity contribution >= 4 is 23.2 Å². The summed E-state index contributed by atoms with van der Waals surface area (Å²) in [5.41, 5.74) is 2.30. The molecule has 0 saturated carbocycles. The molecule has 4 rings (SSSR count). The normalized spacial score (nSPS) is 19.2. The second kappa shape index (κ2) is 8.44. The largest absolute Gasteiger partial charge is 0.427 e. The second-order valence-corrected chi connectivity index (χ2v) is 8.14. The third kappa shape index (κ3) is 4.03. The molecule has 1 unspecified atom stereocenters. The lowest BCUT2D eigenvalue weighted by Crippen LogP contribution is -2.30. The summed E-state index contributed by atoms with van der Waals surface area (Å²) >= 11 is 0. The average molecular weight is 409 g/mol. The van der Waals surface area contributed by atoms with Crippen LogP contribution in [0.5, 0.6) is 0 Å². The molecule has 2 aliphatic rings. The van der Waals surface area contributed by atoms with Crippen LogP contribution in [0.1, 0.15) is 58.8 Å². The van der Waals surface area contributed by atoms with Gasteiger partial charge in [-0.25, -0.2) is 4.79 Å². The second-order valence-electron chi connectivity index (χ2n) is 8.14. The summed E-state index contributed by atoms with van der Waals surface area (Å²) in [6, 6.07) is 7.23. The first-order valence-electron chi connectivity index (χ1n) is 10.5. The minimum Gasteiger partial charge on any atom is -0.427 e. The number of nitrogens with one attached hydrogen (secondary N) is 2. The fourth-order valence-electron chi connectivity index (χ4n) is 4.28. The Labute approximate surface area is 175 Å². The molecule has 7 heteroatoms. The van der Waals surface area contributed by atoms with Crippen LogP contribution in [0, 0.1) is 13.8 Å². The summed E-state index contributed by atoms with van der Waals surface area (Å²) in [6.07, 6.45) is 3.37. The van der Waals surface area contributed by atoms with E-state index in [1.807, 2.05) is 13.0 Å². The Kier molecular flexibility index (Phi) is 5.72. The molecule has 2 aromatic rings. The highest BCUT2D eigenvalue weighted by atomic mass is 16.4. The Bertz CT molecular complexity index is 1040. The van der Waals surface area contributed by atoms with Gasteiger partial charge < -0.3 is 20.0 Å². The maximum atomic E-state index is 12.9. The Morgan fingerprint density at radius 2 is 2.00 bits per heavy atom. The van der Waals surface area contributed by atoms with E-state index in [0.29, 0.717) is 30.0 Å². The molecule has 0 bridgehead atoms. The smallest absolute Gasteiger partial charge is 0.349 e. The van der Waals surface area contributed by atoms with Gasteiger partial charge in [-0.3, -0.25) is 9.59 Å². The van der Waals surface area contributed by atoms with Crippen LogP contribution < -0.4 is 21.2 Å². The van der Waals surface area contributed by atoms with Gasteiger partial charge in [0.2, 0.25) is 5.91 Å². The molecule has 2 saturated heterocycles. The molecule has 0 aliphatic carbocycles. The van der Waals surface area contributed by atoms with Crippen LogP contribution in [-0.4, -0.2) is 31.4 Å². The van der Waals surface area contributed by atoms with E-state index in [1.165, 1.54) is 0 Å². The number of hydrogen-bond acceptors (Lipinski definition) is 5. The van der Waals surface area contributed by atoms with Gasteiger partial charge in [0.25, 0.3) is 5.91 Å². The van der Waals surface area contributed by atoms with Crippen LogP contribution in [0.2, 0.25) is 0 Å². The zero-order valence-electron chi connectivity index (χ0n) is 17.4. The topological polar surface area (TPSA) is 91.7 Å². The summed E-state index contributed by atoms with van der Waals surface area (Å²) in [5, 5.41) is 6.10. The first kappa shape index (κ1) is 20.3. The molecule has 2 amide bonds. The number of anilines is 2. The number of hydrogen-bond donors (Lipinski definition) is 2. The van der Waals surface area contributed by atoms with Crippen LogP contribution in [0.3, 0.4) is 0 Å². The van der Waals surface area contributed by atoms with Crippen molar-refractivity contribution in [1.29, 1.82) is 0 Å². The van der Waals surface area contributed by atoms with Crippen molar-refractivity contribution in [2.75, 3.05) is 29.9 Å². The van der Waals surface area contributed by atoms with E-state index in [4.69, 9.17) is 4.42 Å². The molecule has 2 aliphatic heterocycles. The molecule has 1 aromatic carbocycles. The van der Waals surface area contributed by atoms with Gasteiger partial charge in [-0.05, 0) is 69.0 Å². The van der Waals surface area contributed by atoms with Crippen molar-refractivity contribution in [2.45, 2.75) is 45.4 Å². The molecule has 7 nitrogen and oxygen atoms in total. The minimum atomic E-state index is -0.616. The lowest BCUT2D eigenvalue weighted by Gasteiger charge is -2.22. The van der Waals surface area contributed by atoms with Gasteiger partial charge in [0.15, 0.2) is 0 Å². The van der Waals surface area contributed by atoms with Gasteiger partial charge >= 0.3 is 5.63 Å². The molecule has 0 radical (unpaired) electrons. The summed E-state index contributed by atoms with van der Waals surface area (Å²) in [4.78, 5) is 39.3. The van der Waals surface area contributed by atoms with Crippen molar-refractivity contribution in [3.8, 4) is 0 Å². The maximum absolute atomic E-state index is 12.9. The van der Waals surface area contributed by atoms with Gasteiger partial charge in [-0.15, -0.1) is 0 Å². The number of piperidine rings is 1. The van der Waals surface area contributed by atoms with Crippen LogP contribution in [0.15, 0.2) is 33.5 Å². The van der Waals surface area contributed by atoms with E-state index in [2.05, 4.69) is 10.6 Å². The third-order valence-electron chi connectivity index (χ3n) is 5.93. The van der Waals surface area contributed by atoms with Gasteiger partial charge in [-0.1, -0.05) is 6.07 Å². The molecule has 3 heterocycles. The molecule has 1 atom stereocenters. The zero-order chi connectivity index (χ0) is 21.3. The number of aryl methyl sites for hydroxylation is 2. The Hall–Kier alpha value is -2.93. The van der Waals surface area contributed by atoms with E-state index in [9.17, 15) is 14.4 Å². The minimum absolute atomic E-state index is 0.0156. The predicted octanol–water partition coefficient (Wildman–Crippen LogP) is 3.10. The number of carbonyl (C=O) groups is 2. The van der Waals surface area contributed by atoms with Gasteiger partial charge in [0, 0.05) is 36.8 Å². The van der Waals surface area contributed by atoms with Crippen molar-refractivity contribution in [2.24, 2.45) is 0 Å². The summed E-state index contributed by atoms with van der Waals surface area (Å²) in [6.45, 7) is 6.12. The number of amides is 2. The monoisotopic (exact) mass is 409 g/mol. The summed E-state index contributed by atoms with van der Waals surface area (Å²) in [5.74, 6) is 0.370. The molecule has 158 valence electrons. The predicted molar refractivity (Wildman–Crippen MR) is 115 cm³/mol. The van der Waals surface area contributed by atoms with E-state index < -0.39 is 11.5 Å². The molecule has 2 fully saturated rings. The van der Waals surface area contributed by atoms with E-state index in [1.54, 1.807) is 30.0 Å². The van der Waals surface area contributed by atoms with Crippen LogP contribution >= 0.6 is 0 Å². The first-order valence-corrected chi connectivity index (χ1v) is 10.5. The Morgan fingerprint density at radius 3 is 2.67 bits per heavy atom. The molecule has 2 N–H and O–H groups in total. The highest BCUT2D eigenvalue weighted by Gasteiger charge is 2.25. The highest BCUT2D eigenvalue weighted by Crippen LogP contribution is 2.29. The average Bonchev–Trinajstić information content (AvgIpc) is 3.15. The quantitative estimate of drug-likeness (QED) is 0.810. The number of nitrogens with zero attached hydrogens (tertiary/aromatic N) is 1.